The summed E-state index contributed by atoms with van der Waals surface area (Å²) in [5.74, 6) is -0.663. The molecule has 35 heavy (non-hydrogen) atoms. The summed E-state index contributed by atoms with van der Waals surface area (Å²) in [5, 5.41) is 0. The highest BCUT2D eigenvalue weighted by Gasteiger charge is 2.54. The van der Waals surface area contributed by atoms with E-state index >= 15 is 0 Å². The summed E-state index contributed by atoms with van der Waals surface area (Å²) in [5.41, 5.74) is 1.45. The molecule has 3 aromatic rings. The van der Waals surface area contributed by atoms with E-state index in [-0.39, 0.29) is 37.1 Å². The van der Waals surface area contributed by atoms with Crippen LogP contribution in [0.3, 0.4) is 0 Å². The van der Waals surface area contributed by atoms with Crippen molar-refractivity contribution in [1.29, 1.82) is 0 Å². The average molecular weight is 469 g/mol. The van der Waals surface area contributed by atoms with E-state index in [9.17, 15) is 14.4 Å². The largest absolute Gasteiger partial charge is 0.368 e. The lowest BCUT2D eigenvalue weighted by atomic mass is 9.75. The number of hydrogen-bond donors (Lipinski definition) is 0. The van der Waals surface area contributed by atoms with Crippen LogP contribution in [0.25, 0.3) is 0 Å². The predicted octanol–water partition coefficient (Wildman–Crippen LogP) is 3.02. The molecule has 2 fully saturated rings. The highest BCUT2D eigenvalue weighted by atomic mass is 16.2. The third-order valence-electron chi connectivity index (χ3n) is 7.01. The van der Waals surface area contributed by atoms with Crippen LogP contribution < -0.4 is 4.90 Å². The minimum Gasteiger partial charge on any atom is -0.368 e. The maximum Gasteiger partial charge on any atom is 0.241 e. The molecule has 1 atom stereocenters. The standard InChI is InChI=1S/C28H28N4O3/c33-25(31-16-14-30(15-17-31)24-11-5-2-6-12-24)18-28(23-9-3-1-4-10-23)19-26(34)32(27(28)35)21-22-8-7-13-29-20-22/h1-13,20H,14-19,21H2/t28-/m0/s1. The number of para-hydroxylation sites is 1. The number of amides is 3. The first-order valence-corrected chi connectivity index (χ1v) is 11.9. The summed E-state index contributed by atoms with van der Waals surface area (Å²) in [4.78, 5) is 49.9. The van der Waals surface area contributed by atoms with Gasteiger partial charge < -0.3 is 9.80 Å². The van der Waals surface area contributed by atoms with Crippen molar-refractivity contribution >= 4 is 23.4 Å². The molecular weight excluding hydrogens is 440 g/mol. The number of pyridine rings is 1. The van der Waals surface area contributed by atoms with Gasteiger partial charge in [0.25, 0.3) is 0 Å². The van der Waals surface area contributed by atoms with Gasteiger partial charge in [-0.05, 0) is 29.3 Å². The lowest BCUT2D eigenvalue weighted by Gasteiger charge is -2.37. The van der Waals surface area contributed by atoms with Crippen LogP contribution in [-0.4, -0.2) is 58.7 Å². The normalized spacial score (nSPS) is 20.4. The highest BCUT2D eigenvalue weighted by Crippen LogP contribution is 2.41. The van der Waals surface area contributed by atoms with Crippen molar-refractivity contribution in [3.63, 3.8) is 0 Å². The van der Waals surface area contributed by atoms with Gasteiger partial charge in [0.1, 0.15) is 0 Å². The lowest BCUT2D eigenvalue weighted by Crippen LogP contribution is -2.51. The Kier molecular flexibility index (Phi) is 6.31. The smallest absolute Gasteiger partial charge is 0.241 e. The summed E-state index contributed by atoms with van der Waals surface area (Å²) in [6.45, 7) is 2.78. The molecule has 5 rings (SSSR count). The number of nitrogens with zero attached hydrogens (tertiary/aromatic N) is 4. The zero-order valence-corrected chi connectivity index (χ0v) is 19.5. The van der Waals surface area contributed by atoms with E-state index < -0.39 is 5.41 Å². The minimum absolute atomic E-state index is 0.00811. The molecule has 0 bridgehead atoms. The Morgan fingerprint density at radius 2 is 1.54 bits per heavy atom. The van der Waals surface area contributed by atoms with Gasteiger partial charge in [0.15, 0.2) is 0 Å². The SMILES string of the molecule is O=C(C[C@@]1(c2ccccc2)CC(=O)N(Cc2cccnc2)C1=O)N1CCN(c2ccccc2)CC1. The quantitative estimate of drug-likeness (QED) is 0.520. The average Bonchev–Trinajstić information content (AvgIpc) is 3.15. The van der Waals surface area contributed by atoms with E-state index in [2.05, 4.69) is 22.0 Å². The second-order valence-corrected chi connectivity index (χ2v) is 9.15. The van der Waals surface area contributed by atoms with Crippen molar-refractivity contribution in [3.8, 4) is 0 Å². The van der Waals surface area contributed by atoms with E-state index in [0.29, 0.717) is 18.7 Å². The number of rotatable bonds is 6. The Morgan fingerprint density at radius 1 is 0.857 bits per heavy atom. The second kappa shape index (κ2) is 9.70. The highest BCUT2D eigenvalue weighted by molar-refractivity contribution is 6.10. The van der Waals surface area contributed by atoms with Crippen molar-refractivity contribution in [1.82, 2.24) is 14.8 Å². The number of aromatic nitrogens is 1. The number of carbonyl (C=O) groups is 3. The van der Waals surface area contributed by atoms with Crippen molar-refractivity contribution < 1.29 is 14.4 Å². The maximum atomic E-state index is 13.8. The fraction of sp³-hybridized carbons (Fsp3) is 0.286. The summed E-state index contributed by atoms with van der Waals surface area (Å²) < 4.78 is 0. The number of imide groups is 1. The van der Waals surface area contributed by atoms with Crippen molar-refractivity contribution in [2.24, 2.45) is 0 Å². The molecule has 0 saturated carbocycles. The third kappa shape index (κ3) is 4.54. The molecule has 0 aliphatic carbocycles. The summed E-state index contributed by atoms with van der Waals surface area (Å²) in [6, 6.07) is 23.0. The van der Waals surface area contributed by atoms with Gasteiger partial charge in [-0.25, -0.2) is 0 Å². The molecular formula is C28H28N4O3. The molecule has 7 nitrogen and oxygen atoms in total. The fourth-order valence-electron chi connectivity index (χ4n) is 5.08. The molecule has 3 amide bonds. The molecule has 2 aliphatic rings. The van der Waals surface area contributed by atoms with E-state index in [1.165, 1.54) is 4.90 Å². The Balaban J connectivity index is 1.35. The number of hydrogen-bond acceptors (Lipinski definition) is 5. The van der Waals surface area contributed by atoms with E-state index in [4.69, 9.17) is 0 Å². The van der Waals surface area contributed by atoms with Gasteiger partial charge in [-0.1, -0.05) is 54.6 Å². The van der Waals surface area contributed by atoms with Gasteiger partial charge in [-0.15, -0.1) is 0 Å². The topological polar surface area (TPSA) is 73.8 Å². The molecule has 0 unspecified atom stereocenters. The lowest BCUT2D eigenvalue weighted by molar-refractivity contribution is -0.143. The summed E-state index contributed by atoms with van der Waals surface area (Å²) in [6.07, 6.45) is 3.28. The Bertz CT molecular complexity index is 1190. The zero-order chi connectivity index (χ0) is 24.3. The van der Waals surface area contributed by atoms with Gasteiger partial charge in [0, 0.05) is 57.1 Å². The molecule has 0 N–H and O–H groups in total. The fourth-order valence-corrected chi connectivity index (χ4v) is 5.08. The molecule has 2 aromatic carbocycles. The first-order valence-electron chi connectivity index (χ1n) is 11.9. The number of piperazine rings is 1. The zero-order valence-electron chi connectivity index (χ0n) is 19.5. The van der Waals surface area contributed by atoms with Gasteiger partial charge in [-0.3, -0.25) is 24.3 Å². The Labute approximate surface area is 205 Å². The second-order valence-electron chi connectivity index (χ2n) is 9.15. The minimum atomic E-state index is -1.19. The predicted molar refractivity (Wildman–Crippen MR) is 132 cm³/mol. The van der Waals surface area contributed by atoms with Gasteiger partial charge in [-0.2, -0.15) is 0 Å². The van der Waals surface area contributed by atoms with E-state index in [1.807, 2.05) is 59.5 Å². The summed E-state index contributed by atoms with van der Waals surface area (Å²) in [7, 11) is 0. The van der Waals surface area contributed by atoms with Crippen LogP contribution in [0.2, 0.25) is 0 Å². The Morgan fingerprint density at radius 3 is 2.20 bits per heavy atom. The van der Waals surface area contributed by atoms with Crippen molar-refractivity contribution in [3.05, 3.63) is 96.3 Å². The molecule has 178 valence electrons. The van der Waals surface area contributed by atoms with Crippen LogP contribution in [-0.2, 0) is 26.3 Å². The van der Waals surface area contributed by atoms with Gasteiger partial charge in [0.2, 0.25) is 17.7 Å². The van der Waals surface area contributed by atoms with Crippen LogP contribution in [0.1, 0.15) is 24.0 Å². The third-order valence-corrected chi connectivity index (χ3v) is 7.01. The maximum absolute atomic E-state index is 13.8. The number of carbonyl (C=O) groups excluding carboxylic acids is 3. The van der Waals surface area contributed by atoms with Crippen LogP contribution in [0.15, 0.2) is 85.2 Å². The van der Waals surface area contributed by atoms with Gasteiger partial charge in [0.05, 0.1) is 12.0 Å². The number of anilines is 1. The van der Waals surface area contributed by atoms with E-state index in [1.54, 1.807) is 18.5 Å². The molecule has 7 heteroatoms. The monoisotopic (exact) mass is 468 g/mol. The first-order chi connectivity index (χ1) is 17.1. The van der Waals surface area contributed by atoms with Crippen LogP contribution in [0.4, 0.5) is 5.69 Å². The molecule has 2 saturated heterocycles. The number of likely N-dealkylation sites (tertiary alicyclic amines) is 1. The summed E-state index contributed by atoms with van der Waals surface area (Å²) >= 11 is 0. The Hall–Kier alpha value is -4.00. The van der Waals surface area contributed by atoms with E-state index in [0.717, 1.165) is 24.3 Å². The van der Waals surface area contributed by atoms with Crippen LogP contribution in [0, 0.1) is 0 Å². The molecule has 0 spiro atoms. The van der Waals surface area contributed by atoms with Crippen LogP contribution >= 0.6 is 0 Å². The van der Waals surface area contributed by atoms with Crippen molar-refractivity contribution in [2.75, 3.05) is 31.1 Å². The van der Waals surface area contributed by atoms with Crippen molar-refractivity contribution in [2.45, 2.75) is 24.8 Å². The molecule has 1 aromatic heterocycles. The molecule has 2 aliphatic heterocycles. The molecule has 0 radical (unpaired) electrons. The first kappa shape index (κ1) is 22.8. The number of benzene rings is 2. The van der Waals surface area contributed by atoms with Crippen LogP contribution in [0.5, 0.6) is 0 Å². The van der Waals surface area contributed by atoms with Gasteiger partial charge >= 0.3 is 0 Å². The molecule has 3 heterocycles.